The van der Waals surface area contributed by atoms with E-state index in [1.807, 2.05) is 25.9 Å². The first-order valence-corrected chi connectivity index (χ1v) is 8.40. The lowest BCUT2D eigenvalue weighted by atomic mass is 9.88. The van der Waals surface area contributed by atoms with Gasteiger partial charge < -0.3 is 9.80 Å². The molecule has 1 aliphatic rings. The maximum absolute atomic E-state index is 12.8. The number of hydrogen-bond donors (Lipinski definition) is 0. The second-order valence-corrected chi connectivity index (χ2v) is 6.55. The van der Waals surface area contributed by atoms with Crippen LogP contribution >= 0.6 is 0 Å². The molecule has 0 aromatic heterocycles. The minimum Gasteiger partial charge on any atom is -0.334 e. The fraction of sp³-hybridized carbons (Fsp3) is 0.611. The predicted molar refractivity (Wildman–Crippen MR) is 87.9 cm³/mol. The normalized spacial score (nSPS) is 21.8. The Morgan fingerprint density at radius 1 is 1.08 bits per heavy atom. The first kappa shape index (κ1) is 18.8. The average molecular weight is 342 g/mol. The van der Waals surface area contributed by atoms with Crippen molar-refractivity contribution in [1.82, 2.24) is 9.80 Å². The number of likely N-dealkylation sites (N-methyl/N-ethyl adjacent to an activating group) is 2. The van der Waals surface area contributed by atoms with Gasteiger partial charge in [-0.15, -0.1) is 0 Å². The van der Waals surface area contributed by atoms with Crippen LogP contribution in [-0.4, -0.2) is 48.4 Å². The number of nitrogens with zero attached hydrogens (tertiary/aromatic N) is 2. The first-order chi connectivity index (χ1) is 11.3. The molecule has 1 fully saturated rings. The molecule has 0 heterocycles. The second-order valence-electron chi connectivity index (χ2n) is 6.55. The zero-order valence-electron chi connectivity index (χ0n) is 14.4. The lowest BCUT2D eigenvalue weighted by Gasteiger charge is -2.42. The van der Waals surface area contributed by atoms with E-state index in [1.165, 1.54) is 12.1 Å². The molecule has 0 radical (unpaired) electrons. The average Bonchev–Trinajstić information content (AvgIpc) is 2.55. The van der Waals surface area contributed by atoms with Crippen LogP contribution in [0.1, 0.15) is 48.5 Å². The number of carbonyl (C=O) groups excluding carboxylic acids is 1. The summed E-state index contributed by atoms with van der Waals surface area (Å²) in [5.41, 5.74) is -0.418. The molecule has 0 spiro atoms. The summed E-state index contributed by atoms with van der Waals surface area (Å²) in [5.74, 6) is -0.190. The third-order valence-corrected chi connectivity index (χ3v) is 4.82. The van der Waals surface area contributed by atoms with E-state index in [-0.39, 0.29) is 18.0 Å². The number of benzene rings is 1. The van der Waals surface area contributed by atoms with E-state index >= 15 is 0 Å². The highest BCUT2D eigenvalue weighted by molar-refractivity contribution is 5.94. The van der Waals surface area contributed by atoms with E-state index in [0.29, 0.717) is 12.1 Å². The number of amides is 1. The monoisotopic (exact) mass is 342 g/mol. The lowest BCUT2D eigenvalue weighted by Crippen LogP contribution is -2.53. The Kier molecular flexibility index (Phi) is 5.91. The molecule has 134 valence electrons. The molecule has 6 heteroatoms. The Balaban J connectivity index is 2.21. The molecular formula is C18H25F3N2O. The molecule has 0 N–H and O–H groups in total. The highest BCUT2D eigenvalue weighted by Gasteiger charge is 2.34. The summed E-state index contributed by atoms with van der Waals surface area (Å²) in [4.78, 5) is 16.8. The Hall–Kier alpha value is -1.56. The number of halogens is 3. The van der Waals surface area contributed by atoms with E-state index < -0.39 is 11.7 Å². The molecule has 1 aromatic carbocycles. The van der Waals surface area contributed by atoms with Crippen molar-refractivity contribution >= 4 is 5.91 Å². The molecule has 0 bridgehead atoms. The standard InChI is InChI=1S/C18H25F3N2O/c1-4-23(16-8-6-5-7-15(16)22(2)3)17(24)13-9-11-14(12-10-13)18(19,20)21/h9-12,15-16H,4-8H2,1-3H3/t15-,16-/m1/s1. The molecule has 0 saturated heterocycles. The molecule has 1 aliphatic carbocycles. The molecule has 3 nitrogen and oxygen atoms in total. The minimum atomic E-state index is -4.38. The van der Waals surface area contributed by atoms with Gasteiger partial charge in [-0.3, -0.25) is 4.79 Å². The molecule has 0 aliphatic heterocycles. The van der Waals surface area contributed by atoms with Crippen LogP contribution in [0.4, 0.5) is 13.2 Å². The quantitative estimate of drug-likeness (QED) is 0.824. The van der Waals surface area contributed by atoms with Crippen LogP contribution in [0.15, 0.2) is 24.3 Å². The van der Waals surface area contributed by atoms with Crippen molar-refractivity contribution < 1.29 is 18.0 Å². The van der Waals surface area contributed by atoms with Gasteiger partial charge in [-0.1, -0.05) is 12.8 Å². The number of rotatable bonds is 4. The van der Waals surface area contributed by atoms with Crippen molar-refractivity contribution in [1.29, 1.82) is 0 Å². The predicted octanol–water partition coefficient (Wildman–Crippen LogP) is 4.04. The summed E-state index contributed by atoms with van der Waals surface area (Å²) in [7, 11) is 4.03. The Bertz CT molecular complexity index is 554. The summed E-state index contributed by atoms with van der Waals surface area (Å²) in [6.45, 7) is 2.47. The molecule has 1 aromatic rings. The molecule has 1 amide bonds. The summed E-state index contributed by atoms with van der Waals surface area (Å²) in [5, 5.41) is 0. The number of carbonyl (C=O) groups is 1. The van der Waals surface area contributed by atoms with Crippen LogP contribution in [-0.2, 0) is 6.18 Å². The molecule has 24 heavy (non-hydrogen) atoms. The van der Waals surface area contributed by atoms with Gasteiger partial charge in [0.25, 0.3) is 5.91 Å². The fourth-order valence-corrected chi connectivity index (χ4v) is 3.55. The van der Waals surface area contributed by atoms with Crippen molar-refractivity contribution in [2.75, 3.05) is 20.6 Å². The van der Waals surface area contributed by atoms with Crippen LogP contribution in [0.2, 0.25) is 0 Å². The van der Waals surface area contributed by atoms with Crippen molar-refractivity contribution in [3.8, 4) is 0 Å². The highest BCUT2D eigenvalue weighted by atomic mass is 19.4. The fourth-order valence-electron chi connectivity index (χ4n) is 3.55. The smallest absolute Gasteiger partial charge is 0.334 e. The largest absolute Gasteiger partial charge is 0.416 e. The molecule has 2 atom stereocenters. The van der Waals surface area contributed by atoms with Gasteiger partial charge >= 0.3 is 6.18 Å². The van der Waals surface area contributed by atoms with Gasteiger partial charge in [-0.25, -0.2) is 0 Å². The van der Waals surface area contributed by atoms with Crippen LogP contribution in [0.25, 0.3) is 0 Å². The van der Waals surface area contributed by atoms with E-state index in [0.717, 1.165) is 37.8 Å². The lowest BCUT2D eigenvalue weighted by molar-refractivity contribution is -0.137. The second kappa shape index (κ2) is 7.55. The van der Waals surface area contributed by atoms with Crippen molar-refractivity contribution in [3.63, 3.8) is 0 Å². The van der Waals surface area contributed by atoms with Crippen LogP contribution in [0.5, 0.6) is 0 Å². The maximum atomic E-state index is 12.8. The topological polar surface area (TPSA) is 23.6 Å². The number of alkyl halides is 3. The maximum Gasteiger partial charge on any atom is 0.416 e. The van der Waals surface area contributed by atoms with E-state index in [1.54, 1.807) is 0 Å². The minimum absolute atomic E-state index is 0.105. The molecule has 0 unspecified atom stereocenters. The number of hydrogen-bond acceptors (Lipinski definition) is 2. The molecule has 1 saturated carbocycles. The molecule has 2 rings (SSSR count). The zero-order valence-corrected chi connectivity index (χ0v) is 14.4. The van der Waals surface area contributed by atoms with Crippen molar-refractivity contribution in [2.24, 2.45) is 0 Å². The van der Waals surface area contributed by atoms with Gasteiger partial charge in [-0.05, 0) is 58.1 Å². The summed E-state index contributed by atoms with van der Waals surface area (Å²) in [6, 6.07) is 4.91. The van der Waals surface area contributed by atoms with Gasteiger partial charge in [0, 0.05) is 24.2 Å². The van der Waals surface area contributed by atoms with Gasteiger partial charge in [0.2, 0.25) is 0 Å². The Labute approximate surface area is 141 Å². The van der Waals surface area contributed by atoms with Gasteiger partial charge in [0.05, 0.1) is 5.56 Å². The SMILES string of the molecule is CCN(C(=O)c1ccc(C(F)(F)F)cc1)[C@@H]1CCCC[C@H]1N(C)C. The van der Waals surface area contributed by atoms with E-state index in [4.69, 9.17) is 0 Å². The Morgan fingerprint density at radius 2 is 1.62 bits per heavy atom. The summed E-state index contributed by atoms with van der Waals surface area (Å²) >= 11 is 0. The third kappa shape index (κ3) is 4.09. The summed E-state index contributed by atoms with van der Waals surface area (Å²) < 4.78 is 38.0. The van der Waals surface area contributed by atoms with Gasteiger partial charge in [-0.2, -0.15) is 13.2 Å². The van der Waals surface area contributed by atoms with Crippen LogP contribution in [0, 0.1) is 0 Å². The van der Waals surface area contributed by atoms with Crippen LogP contribution in [0.3, 0.4) is 0 Å². The third-order valence-electron chi connectivity index (χ3n) is 4.82. The zero-order chi connectivity index (χ0) is 17.9. The van der Waals surface area contributed by atoms with Gasteiger partial charge in [0.1, 0.15) is 0 Å². The Morgan fingerprint density at radius 3 is 2.08 bits per heavy atom. The van der Waals surface area contributed by atoms with Gasteiger partial charge in [0.15, 0.2) is 0 Å². The highest BCUT2D eigenvalue weighted by Crippen LogP contribution is 2.30. The van der Waals surface area contributed by atoms with Crippen LogP contribution < -0.4 is 0 Å². The summed E-state index contributed by atoms with van der Waals surface area (Å²) in [6.07, 6.45) is -0.194. The van der Waals surface area contributed by atoms with E-state index in [2.05, 4.69) is 4.90 Å². The van der Waals surface area contributed by atoms with Crippen molar-refractivity contribution in [2.45, 2.75) is 50.9 Å². The first-order valence-electron chi connectivity index (χ1n) is 8.40. The van der Waals surface area contributed by atoms with Crippen molar-refractivity contribution in [3.05, 3.63) is 35.4 Å². The molecular weight excluding hydrogens is 317 g/mol. The van der Waals surface area contributed by atoms with E-state index in [9.17, 15) is 18.0 Å².